The Morgan fingerprint density at radius 2 is 2.07 bits per heavy atom. The van der Waals surface area contributed by atoms with E-state index in [1.165, 1.54) is 12.1 Å². The Balaban J connectivity index is 1.99. The molecule has 152 valence electrons. The van der Waals surface area contributed by atoms with Crippen LogP contribution in [0.4, 0.5) is 10.1 Å². The van der Waals surface area contributed by atoms with Crippen molar-refractivity contribution >= 4 is 39.2 Å². The number of carbonyl (C=O) groups excluding carboxylic acids is 1. The van der Waals surface area contributed by atoms with Gasteiger partial charge in [0.15, 0.2) is 0 Å². The number of hydrogen-bond donors (Lipinski definition) is 1. The first-order valence-corrected chi connectivity index (χ1v) is 10.3. The summed E-state index contributed by atoms with van der Waals surface area (Å²) in [4.78, 5) is 31.2. The average molecular weight is 453 g/mol. The number of halogens is 2. The highest BCUT2D eigenvalue weighted by Gasteiger charge is 2.52. The van der Waals surface area contributed by atoms with Crippen LogP contribution in [-0.4, -0.2) is 40.2 Å². The van der Waals surface area contributed by atoms with Gasteiger partial charge in [-0.05, 0) is 49.3 Å². The summed E-state index contributed by atoms with van der Waals surface area (Å²) in [5.41, 5.74) is 0.405. The molecule has 1 aromatic rings. The van der Waals surface area contributed by atoms with Crippen molar-refractivity contribution in [3.05, 3.63) is 28.5 Å². The number of rotatable bonds is 3. The van der Waals surface area contributed by atoms with Crippen molar-refractivity contribution in [2.75, 3.05) is 6.54 Å². The molecule has 0 bridgehead atoms. The van der Waals surface area contributed by atoms with Crippen LogP contribution in [0, 0.1) is 29.0 Å². The second-order valence-electron chi connectivity index (χ2n) is 9.09. The molecule has 4 unspecified atom stereocenters. The van der Waals surface area contributed by atoms with Crippen molar-refractivity contribution in [3.8, 4) is 0 Å². The molecule has 1 amide bonds. The molecular formula is C21H26BrFN2O3. The van der Waals surface area contributed by atoms with Crippen LogP contribution in [0.15, 0.2) is 27.7 Å². The van der Waals surface area contributed by atoms with Gasteiger partial charge in [-0.2, -0.15) is 0 Å². The van der Waals surface area contributed by atoms with Crippen molar-refractivity contribution in [2.24, 2.45) is 28.2 Å². The third kappa shape index (κ3) is 4.14. The Morgan fingerprint density at radius 1 is 1.39 bits per heavy atom. The number of aliphatic carboxylic acids is 1. The third-order valence-electron chi connectivity index (χ3n) is 5.56. The first-order valence-electron chi connectivity index (χ1n) is 9.55. The Hall–Kier alpha value is -1.76. The highest BCUT2D eigenvalue weighted by molar-refractivity contribution is 9.10. The fourth-order valence-electron chi connectivity index (χ4n) is 4.55. The molecule has 4 atom stereocenters. The summed E-state index contributed by atoms with van der Waals surface area (Å²) >= 11 is 3.20. The van der Waals surface area contributed by atoms with Crippen molar-refractivity contribution in [2.45, 2.75) is 46.6 Å². The van der Waals surface area contributed by atoms with E-state index >= 15 is 0 Å². The van der Waals surface area contributed by atoms with Crippen molar-refractivity contribution in [3.63, 3.8) is 0 Å². The van der Waals surface area contributed by atoms with Crippen LogP contribution >= 0.6 is 15.9 Å². The molecule has 2 heterocycles. The summed E-state index contributed by atoms with van der Waals surface area (Å²) in [6, 6.07) is 4.00. The van der Waals surface area contributed by atoms with Gasteiger partial charge in [-0.15, -0.1) is 0 Å². The molecule has 1 aromatic carbocycles. The lowest BCUT2D eigenvalue weighted by Gasteiger charge is -2.38. The molecule has 2 aliphatic rings. The van der Waals surface area contributed by atoms with Crippen LogP contribution in [0.3, 0.4) is 0 Å². The monoisotopic (exact) mass is 452 g/mol. The van der Waals surface area contributed by atoms with Gasteiger partial charge in [0.25, 0.3) is 0 Å². The second-order valence-corrected chi connectivity index (χ2v) is 10.0. The molecule has 1 N–H and O–H groups in total. The molecule has 0 saturated carbocycles. The summed E-state index contributed by atoms with van der Waals surface area (Å²) < 4.78 is 14.9. The molecule has 2 aliphatic heterocycles. The molecule has 2 saturated heterocycles. The molecule has 5 nitrogen and oxygen atoms in total. The van der Waals surface area contributed by atoms with Gasteiger partial charge < -0.3 is 10.0 Å². The Labute approximate surface area is 173 Å². The molecule has 0 aliphatic carbocycles. The molecule has 0 spiro atoms. The lowest BCUT2D eigenvalue weighted by molar-refractivity contribution is -0.145. The van der Waals surface area contributed by atoms with Gasteiger partial charge in [-0.25, -0.2) is 4.39 Å². The van der Waals surface area contributed by atoms with E-state index in [9.17, 15) is 19.1 Å². The summed E-state index contributed by atoms with van der Waals surface area (Å²) in [6.45, 7) is 8.68. The molecule has 0 radical (unpaired) electrons. The van der Waals surface area contributed by atoms with Crippen LogP contribution in [0.5, 0.6) is 0 Å². The summed E-state index contributed by atoms with van der Waals surface area (Å²) in [5.74, 6) is -3.02. The van der Waals surface area contributed by atoms with Gasteiger partial charge in [-0.3, -0.25) is 14.6 Å². The summed E-state index contributed by atoms with van der Waals surface area (Å²) in [7, 11) is 0. The van der Waals surface area contributed by atoms with Crippen LogP contribution < -0.4 is 0 Å². The maximum Gasteiger partial charge on any atom is 0.314 e. The summed E-state index contributed by atoms with van der Waals surface area (Å²) in [5, 5.41) is 9.95. The number of hydrogen-bond acceptors (Lipinski definition) is 3. The lowest BCUT2D eigenvalue weighted by atomic mass is 9.79. The fraction of sp³-hybridized carbons (Fsp3) is 0.571. The third-order valence-corrected chi connectivity index (χ3v) is 6.05. The predicted octanol–water partition coefficient (Wildman–Crippen LogP) is 4.66. The van der Waals surface area contributed by atoms with E-state index in [1.807, 2.05) is 0 Å². The quantitative estimate of drug-likeness (QED) is 0.724. The van der Waals surface area contributed by atoms with Crippen molar-refractivity contribution in [1.29, 1.82) is 0 Å². The van der Waals surface area contributed by atoms with E-state index in [2.05, 4.69) is 41.7 Å². The highest BCUT2D eigenvalue weighted by Crippen LogP contribution is 2.41. The van der Waals surface area contributed by atoms with Crippen LogP contribution in [0.25, 0.3) is 0 Å². The minimum absolute atomic E-state index is 0.0572. The molecular weight excluding hydrogens is 427 g/mol. The van der Waals surface area contributed by atoms with Crippen LogP contribution in [0.2, 0.25) is 0 Å². The number of benzene rings is 1. The zero-order valence-electron chi connectivity index (χ0n) is 16.6. The fourth-order valence-corrected chi connectivity index (χ4v) is 4.88. The SMILES string of the molecule is CC1C(=O)N2CC(CC(C)(C)C)CC2C(C(=O)O)C1=Nc1ccc(Br)cc1F. The van der Waals surface area contributed by atoms with Gasteiger partial charge in [0.2, 0.25) is 5.91 Å². The number of carboxylic acids is 1. The largest absolute Gasteiger partial charge is 0.481 e. The maximum atomic E-state index is 14.3. The number of carboxylic acid groups (broad SMARTS) is 1. The van der Waals surface area contributed by atoms with Gasteiger partial charge >= 0.3 is 5.97 Å². The van der Waals surface area contributed by atoms with E-state index in [-0.39, 0.29) is 28.6 Å². The number of aliphatic imine (C=N–C) groups is 1. The Kier molecular flexibility index (Phi) is 5.67. The first kappa shape index (κ1) is 21.0. The van der Waals surface area contributed by atoms with E-state index in [1.54, 1.807) is 17.9 Å². The number of fused-ring (bicyclic) bond motifs is 1. The van der Waals surface area contributed by atoms with E-state index in [0.717, 1.165) is 6.42 Å². The van der Waals surface area contributed by atoms with Crippen LogP contribution in [-0.2, 0) is 9.59 Å². The number of carbonyl (C=O) groups is 2. The van der Waals surface area contributed by atoms with Gasteiger partial charge in [0.05, 0.1) is 17.6 Å². The van der Waals surface area contributed by atoms with Gasteiger partial charge in [0, 0.05) is 16.7 Å². The summed E-state index contributed by atoms with van der Waals surface area (Å²) in [6.07, 6.45) is 1.55. The van der Waals surface area contributed by atoms with E-state index < -0.39 is 29.7 Å². The molecule has 3 rings (SSSR count). The van der Waals surface area contributed by atoms with Crippen molar-refractivity contribution < 1.29 is 19.1 Å². The highest BCUT2D eigenvalue weighted by atomic mass is 79.9. The molecule has 2 fully saturated rings. The minimum Gasteiger partial charge on any atom is -0.481 e. The van der Waals surface area contributed by atoms with Gasteiger partial charge in [-0.1, -0.05) is 36.7 Å². The number of piperidine rings is 1. The van der Waals surface area contributed by atoms with Crippen molar-refractivity contribution in [1.82, 2.24) is 4.90 Å². The minimum atomic E-state index is -1.01. The first-order chi connectivity index (χ1) is 13.0. The Morgan fingerprint density at radius 3 is 2.64 bits per heavy atom. The van der Waals surface area contributed by atoms with E-state index in [4.69, 9.17) is 0 Å². The smallest absolute Gasteiger partial charge is 0.314 e. The standard InChI is InChI=1S/C21H26BrFN2O3/c1-11-18(24-15-6-5-13(22)8-14(15)23)17(20(27)28)16-7-12(9-21(2,3)4)10-25(16)19(11)26/h5-6,8,11-12,16-17H,7,9-10H2,1-4H3,(H,27,28). The number of nitrogens with zero attached hydrogens (tertiary/aromatic N) is 2. The second kappa shape index (κ2) is 7.58. The Bertz CT molecular complexity index is 833. The topological polar surface area (TPSA) is 70.0 Å². The van der Waals surface area contributed by atoms with Gasteiger partial charge in [0.1, 0.15) is 11.7 Å². The van der Waals surface area contributed by atoms with Crippen LogP contribution in [0.1, 0.15) is 40.5 Å². The zero-order chi connectivity index (χ0) is 20.8. The average Bonchev–Trinajstić information content (AvgIpc) is 2.95. The zero-order valence-corrected chi connectivity index (χ0v) is 18.2. The maximum absolute atomic E-state index is 14.3. The predicted molar refractivity (Wildman–Crippen MR) is 109 cm³/mol. The molecule has 28 heavy (non-hydrogen) atoms. The molecule has 7 heteroatoms. The molecule has 0 aromatic heterocycles. The van der Waals surface area contributed by atoms with E-state index in [0.29, 0.717) is 17.4 Å². The number of amides is 1. The normalized spacial score (nSPS) is 29.3. The lowest BCUT2D eigenvalue weighted by Crippen LogP contribution is -2.56.